The first kappa shape index (κ1) is 12.8. The minimum Gasteiger partial charge on any atom is -0.343 e. The van der Waals surface area contributed by atoms with Crippen LogP contribution in [0.2, 0.25) is 0 Å². The predicted octanol–water partition coefficient (Wildman–Crippen LogP) is 0.681. The summed E-state index contributed by atoms with van der Waals surface area (Å²) in [5, 5.41) is 3.61. The van der Waals surface area contributed by atoms with Gasteiger partial charge in [0, 0.05) is 45.2 Å². The van der Waals surface area contributed by atoms with E-state index in [1.807, 2.05) is 4.90 Å². The Hall–Kier alpha value is -0.610. The van der Waals surface area contributed by atoms with Gasteiger partial charge in [-0.05, 0) is 32.7 Å². The Labute approximate surface area is 104 Å². The predicted molar refractivity (Wildman–Crippen MR) is 68.9 cm³/mol. The molecule has 1 aliphatic heterocycles. The summed E-state index contributed by atoms with van der Waals surface area (Å²) in [5.41, 5.74) is 0. The number of carbonyl (C=O) groups excluding carboxylic acids is 1. The lowest BCUT2D eigenvalue weighted by Crippen LogP contribution is -2.45. The van der Waals surface area contributed by atoms with Gasteiger partial charge in [0.1, 0.15) is 0 Å². The number of piperidine rings is 1. The minimum atomic E-state index is 0.219. The van der Waals surface area contributed by atoms with Crippen molar-refractivity contribution in [2.75, 3.05) is 33.2 Å². The summed E-state index contributed by atoms with van der Waals surface area (Å²) in [6, 6.07) is 1.47. The number of nitrogens with one attached hydrogen (secondary N) is 1. The maximum Gasteiger partial charge on any atom is 0.219 e. The largest absolute Gasteiger partial charge is 0.343 e. The molecule has 0 unspecified atom stereocenters. The van der Waals surface area contributed by atoms with E-state index >= 15 is 0 Å². The average Bonchev–Trinajstić information content (AvgIpc) is 3.13. The number of hydrogen-bond donors (Lipinski definition) is 1. The van der Waals surface area contributed by atoms with Crippen LogP contribution in [0.15, 0.2) is 0 Å². The van der Waals surface area contributed by atoms with E-state index in [4.69, 9.17) is 0 Å². The van der Waals surface area contributed by atoms with E-state index in [0.29, 0.717) is 6.04 Å². The van der Waals surface area contributed by atoms with Crippen molar-refractivity contribution in [2.24, 2.45) is 0 Å². The van der Waals surface area contributed by atoms with Crippen LogP contribution in [-0.2, 0) is 4.79 Å². The Morgan fingerprint density at radius 2 is 1.94 bits per heavy atom. The van der Waals surface area contributed by atoms with Crippen molar-refractivity contribution >= 4 is 5.91 Å². The number of likely N-dealkylation sites (N-methyl/N-ethyl adjacent to an activating group) is 1. The zero-order chi connectivity index (χ0) is 12.3. The molecule has 17 heavy (non-hydrogen) atoms. The van der Waals surface area contributed by atoms with E-state index in [-0.39, 0.29) is 5.91 Å². The van der Waals surface area contributed by atoms with E-state index in [1.54, 1.807) is 6.92 Å². The van der Waals surface area contributed by atoms with Gasteiger partial charge in [-0.1, -0.05) is 0 Å². The molecule has 0 spiro atoms. The molecule has 1 saturated heterocycles. The zero-order valence-electron chi connectivity index (χ0n) is 11.1. The SMILES string of the molecule is CC(=O)N1CCC(NCCN(C)C2CC2)CC1. The summed E-state index contributed by atoms with van der Waals surface area (Å²) >= 11 is 0. The Kier molecular flexibility index (Phi) is 4.40. The van der Waals surface area contributed by atoms with Gasteiger partial charge in [0.2, 0.25) is 5.91 Å². The Balaban J connectivity index is 1.56. The van der Waals surface area contributed by atoms with Crippen LogP contribution in [0.3, 0.4) is 0 Å². The third kappa shape index (κ3) is 3.96. The lowest BCUT2D eigenvalue weighted by Gasteiger charge is -2.32. The molecule has 0 atom stereocenters. The Bertz CT molecular complexity index is 257. The van der Waals surface area contributed by atoms with E-state index in [9.17, 15) is 4.79 Å². The van der Waals surface area contributed by atoms with Crippen LogP contribution in [0.4, 0.5) is 0 Å². The minimum absolute atomic E-state index is 0.219. The van der Waals surface area contributed by atoms with Crippen molar-refractivity contribution in [3.63, 3.8) is 0 Å². The Morgan fingerprint density at radius 3 is 2.47 bits per heavy atom. The molecule has 0 radical (unpaired) electrons. The van der Waals surface area contributed by atoms with Gasteiger partial charge >= 0.3 is 0 Å². The summed E-state index contributed by atoms with van der Waals surface area (Å²) < 4.78 is 0. The molecule has 1 saturated carbocycles. The number of nitrogens with zero attached hydrogens (tertiary/aromatic N) is 2. The quantitative estimate of drug-likeness (QED) is 0.766. The topological polar surface area (TPSA) is 35.6 Å². The maximum absolute atomic E-state index is 11.2. The van der Waals surface area contributed by atoms with Gasteiger partial charge in [0.05, 0.1) is 0 Å². The first-order valence-electron chi connectivity index (χ1n) is 6.86. The van der Waals surface area contributed by atoms with Crippen LogP contribution >= 0.6 is 0 Å². The highest BCUT2D eigenvalue weighted by Crippen LogP contribution is 2.24. The van der Waals surface area contributed by atoms with Crippen molar-refractivity contribution in [3.8, 4) is 0 Å². The molecule has 1 heterocycles. The van der Waals surface area contributed by atoms with Crippen molar-refractivity contribution < 1.29 is 4.79 Å². The summed E-state index contributed by atoms with van der Waals surface area (Å²) in [5.74, 6) is 0.219. The smallest absolute Gasteiger partial charge is 0.219 e. The molecule has 98 valence electrons. The van der Waals surface area contributed by atoms with Crippen LogP contribution < -0.4 is 5.32 Å². The second-order valence-electron chi connectivity index (χ2n) is 5.45. The number of hydrogen-bond acceptors (Lipinski definition) is 3. The van der Waals surface area contributed by atoms with Crippen molar-refractivity contribution in [3.05, 3.63) is 0 Å². The number of likely N-dealkylation sites (tertiary alicyclic amines) is 1. The fourth-order valence-corrected chi connectivity index (χ4v) is 2.54. The monoisotopic (exact) mass is 239 g/mol. The van der Waals surface area contributed by atoms with Crippen LogP contribution in [-0.4, -0.2) is 61.0 Å². The van der Waals surface area contributed by atoms with Gasteiger partial charge in [-0.3, -0.25) is 4.79 Å². The molecule has 0 aromatic rings. The van der Waals surface area contributed by atoms with Crippen LogP contribution in [0.25, 0.3) is 0 Å². The van der Waals surface area contributed by atoms with Crippen LogP contribution in [0.5, 0.6) is 0 Å². The highest BCUT2D eigenvalue weighted by atomic mass is 16.2. The van der Waals surface area contributed by atoms with Crippen LogP contribution in [0.1, 0.15) is 32.6 Å². The summed E-state index contributed by atoms with van der Waals surface area (Å²) in [6.45, 7) is 5.74. The van der Waals surface area contributed by atoms with Gasteiger partial charge in [0.25, 0.3) is 0 Å². The van der Waals surface area contributed by atoms with E-state index in [0.717, 1.165) is 45.1 Å². The molecule has 4 nitrogen and oxygen atoms in total. The molecule has 0 aromatic heterocycles. The molecule has 0 aromatic carbocycles. The first-order chi connectivity index (χ1) is 8.16. The lowest BCUT2D eigenvalue weighted by molar-refractivity contribution is -0.129. The van der Waals surface area contributed by atoms with E-state index in [1.165, 1.54) is 12.8 Å². The number of carbonyl (C=O) groups is 1. The standard InChI is InChI=1S/C13H25N3O/c1-11(17)16-8-5-12(6-9-16)14-7-10-15(2)13-3-4-13/h12-14H,3-10H2,1-2H3. The van der Waals surface area contributed by atoms with Gasteiger partial charge in [-0.2, -0.15) is 0 Å². The second-order valence-corrected chi connectivity index (χ2v) is 5.45. The molecular weight excluding hydrogens is 214 g/mol. The van der Waals surface area contributed by atoms with Gasteiger partial charge in [-0.15, -0.1) is 0 Å². The van der Waals surface area contributed by atoms with Gasteiger partial charge in [0.15, 0.2) is 0 Å². The normalized spacial score (nSPS) is 22.2. The van der Waals surface area contributed by atoms with Gasteiger partial charge in [-0.25, -0.2) is 0 Å². The molecule has 2 fully saturated rings. The lowest BCUT2D eigenvalue weighted by atomic mass is 10.1. The molecule has 2 aliphatic rings. The molecule has 2 rings (SSSR count). The number of amides is 1. The summed E-state index contributed by atoms with van der Waals surface area (Å²) in [6.07, 6.45) is 4.97. The fraction of sp³-hybridized carbons (Fsp3) is 0.923. The third-order valence-corrected chi connectivity index (χ3v) is 4.01. The molecule has 0 bridgehead atoms. The average molecular weight is 239 g/mol. The molecule has 4 heteroatoms. The molecule has 1 N–H and O–H groups in total. The molecular formula is C13H25N3O. The van der Waals surface area contributed by atoms with E-state index in [2.05, 4.69) is 17.3 Å². The fourth-order valence-electron chi connectivity index (χ4n) is 2.54. The Morgan fingerprint density at radius 1 is 1.29 bits per heavy atom. The van der Waals surface area contributed by atoms with Crippen molar-refractivity contribution in [1.82, 2.24) is 15.1 Å². The van der Waals surface area contributed by atoms with Gasteiger partial charge < -0.3 is 15.1 Å². The molecule has 1 aliphatic carbocycles. The van der Waals surface area contributed by atoms with Crippen LogP contribution in [0, 0.1) is 0 Å². The summed E-state index contributed by atoms with van der Waals surface area (Å²) in [7, 11) is 2.22. The molecule has 1 amide bonds. The maximum atomic E-state index is 11.2. The summed E-state index contributed by atoms with van der Waals surface area (Å²) in [4.78, 5) is 15.6. The zero-order valence-corrected chi connectivity index (χ0v) is 11.1. The van der Waals surface area contributed by atoms with Crippen molar-refractivity contribution in [1.29, 1.82) is 0 Å². The highest BCUT2D eigenvalue weighted by Gasteiger charge is 2.26. The third-order valence-electron chi connectivity index (χ3n) is 4.01. The first-order valence-corrected chi connectivity index (χ1v) is 6.86. The highest BCUT2D eigenvalue weighted by molar-refractivity contribution is 5.73. The number of rotatable bonds is 5. The van der Waals surface area contributed by atoms with E-state index < -0.39 is 0 Å². The van der Waals surface area contributed by atoms with Crippen molar-refractivity contribution in [2.45, 2.75) is 44.7 Å². The second kappa shape index (κ2) is 5.83.